The lowest BCUT2D eigenvalue weighted by molar-refractivity contribution is 0.0613. The molecule has 0 radical (unpaired) electrons. The van der Waals surface area contributed by atoms with E-state index < -0.39 is 0 Å². The molecule has 0 amide bonds. The topological polar surface area (TPSA) is 117 Å². The maximum absolute atomic E-state index is 12.2. The summed E-state index contributed by atoms with van der Waals surface area (Å²) in [5, 5.41) is 0. The van der Waals surface area contributed by atoms with Crippen molar-refractivity contribution in [1.82, 2.24) is 19.5 Å². The molecule has 0 unspecified atom stereocenters. The van der Waals surface area contributed by atoms with E-state index in [1.54, 1.807) is 11.7 Å². The highest BCUT2D eigenvalue weighted by atomic mass is 16.5. The second-order valence-corrected chi connectivity index (χ2v) is 5.53. The molecule has 2 aromatic rings. The molecule has 0 bridgehead atoms. The van der Waals surface area contributed by atoms with E-state index in [-0.39, 0.29) is 17.5 Å². The third kappa shape index (κ3) is 3.45. The number of fused-ring (bicyclic) bond motifs is 1. The first-order chi connectivity index (χ1) is 11.2. The van der Waals surface area contributed by atoms with Gasteiger partial charge in [0.25, 0.3) is 0 Å². The summed E-state index contributed by atoms with van der Waals surface area (Å²) in [6, 6.07) is 0.145. The minimum absolute atomic E-state index is 0.145. The number of hydrogen-bond acceptors (Lipinski definition) is 7. The van der Waals surface area contributed by atoms with Gasteiger partial charge < -0.3 is 24.9 Å². The van der Waals surface area contributed by atoms with E-state index in [1.165, 1.54) is 0 Å². The molecule has 3 heterocycles. The number of aromatic amines is 1. The predicted octanol–water partition coefficient (Wildman–Crippen LogP) is 0.154. The Labute approximate surface area is 132 Å². The first kappa shape index (κ1) is 15.8. The largest absolute Gasteiger partial charge is 0.461 e. The molecule has 2 aromatic heterocycles. The maximum Gasteiger partial charge on any atom is 0.327 e. The Balaban J connectivity index is 1.89. The van der Waals surface area contributed by atoms with Crippen molar-refractivity contribution in [3.8, 4) is 6.01 Å². The Kier molecular flexibility index (Phi) is 4.77. The molecule has 1 aliphatic heterocycles. The van der Waals surface area contributed by atoms with Crippen LogP contribution in [0.3, 0.4) is 0 Å². The van der Waals surface area contributed by atoms with Gasteiger partial charge >= 0.3 is 11.7 Å². The molecule has 9 nitrogen and oxygen atoms in total. The zero-order valence-corrected chi connectivity index (χ0v) is 13.1. The lowest BCUT2D eigenvalue weighted by atomic mass is 10.0. The molecule has 0 saturated carbocycles. The second kappa shape index (κ2) is 6.97. The molecule has 0 atom stereocenters. The number of rotatable bonds is 6. The Morgan fingerprint density at radius 3 is 2.87 bits per heavy atom. The number of nitrogen functional groups attached to an aromatic ring is 1. The van der Waals surface area contributed by atoms with Gasteiger partial charge in [-0.05, 0) is 18.8 Å². The third-order valence-corrected chi connectivity index (χ3v) is 3.93. The molecule has 3 rings (SSSR count). The van der Waals surface area contributed by atoms with Gasteiger partial charge in [-0.2, -0.15) is 9.97 Å². The molecule has 1 aliphatic rings. The molecule has 1 saturated heterocycles. The second-order valence-electron chi connectivity index (χ2n) is 5.53. The van der Waals surface area contributed by atoms with E-state index in [4.69, 9.17) is 19.9 Å². The van der Waals surface area contributed by atoms with Crippen LogP contribution in [0.1, 0.15) is 12.8 Å². The van der Waals surface area contributed by atoms with Gasteiger partial charge in [-0.3, -0.25) is 4.57 Å². The van der Waals surface area contributed by atoms with Crippen molar-refractivity contribution in [1.29, 1.82) is 0 Å². The van der Waals surface area contributed by atoms with Gasteiger partial charge in [0.1, 0.15) is 12.1 Å². The van der Waals surface area contributed by atoms with Crippen LogP contribution in [-0.4, -0.2) is 53.1 Å². The van der Waals surface area contributed by atoms with E-state index in [0.29, 0.717) is 36.8 Å². The zero-order chi connectivity index (χ0) is 16.2. The average molecular weight is 323 g/mol. The number of nitrogens with zero attached hydrogens (tertiary/aromatic N) is 3. The highest BCUT2D eigenvalue weighted by Crippen LogP contribution is 2.21. The van der Waals surface area contributed by atoms with Crippen LogP contribution in [0.2, 0.25) is 0 Å². The SMILES string of the molecule is COCCOc1nc(N)c2[nH]c(=O)n(CC3CCOCC3)c2n1. The molecule has 0 aliphatic carbocycles. The van der Waals surface area contributed by atoms with Crippen LogP contribution in [0.25, 0.3) is 11.2 Å². The minimum Gasteiger partial charge on any atom is -0.461 e. The number of imidazole rings is 1. The number of anilines is 1. The van der Waals surface area contributed by atoms with E-state index >= 15 is 0 Å². The summed E-state index contributed by atoms with van der Waals surface area (Å²) >= 11 is 0. The molecule has 3 N–H and O–H groups in total. The van der Waals surface area contributed by atoms with Crippen LogP contribution in [0.15, 0.2) is 4.79 Å². The number of nitrogens with one attached hydrogen (secondary N) is 1. The summed E-state index contributed by atoms with van der Waals surface area (Å²) in [5.41, 5.74) is 6.60. The van der Waals surface area contributed by atoms with Crippen molar-refractivity contribution in [3.05, 3.63) is 10.5 Å². The Morgan fingerprint density at radius 2 is 2.13 bits per heavy atom. The quantitative estimate of drug-likeness (QED) is 0.727. The summed E-state index contributed by atoms with van der Waals surface area (Å²) < 4.78 is 17.3. The Hall–Kier alpha value is -2.13. The number of hydrogen-bond donors (Lipinski definition) is 2. The zero-order valence-electron chi connectivity index (χ0n) is 13.1. The number of nitrogens with two attached hydrogens (primary N) is 1. The number of methoxy groups -OCH3 is 1. The van der Waals surface area contributed by atoms with E-state index in [0.717, 1.165) is 26.1 Å². The average Bonchev–Trinajstić information content (AvgIpc) is 2.86. The molecule has 1 fully saturated rings. The summed E-state index contributed by atoms with van der Waals surface area (Å²) in [6.45, 7) is 2.77. The molecule has 126 valence electrons. The highest BCUT2D eigenvalue weighted by Gasteiger charge is 2.19. The third-order valence-electron chi connectivity index (χ3n) is 3.93. The van der Waals surface area contributed by atoms with Gasteiger partial charge in [-0.25, -0.2) is 4.79 Å². The molecule has 23 heavy (non-hydrogen) atoms. The molecule has 0 aromatic carbocycles. The first-order valence-corrected chi connectivity index (χ1v) is 7.64. The van der Waals surface area contributed by atoms with Gasteiger partial charge in [0.2, 0.25) is 0 Å². The lowest BCUT2D eigenvalue weighted by Gasteiger charge is -2.22. The van der Waals surface area contributed by atoms with Gasteiger partial charge in [-0.1, -0.05) is 0 Å². The molecular formula is C14H21N5O4. The fourth-order valence-electron chi connectivity index (χ4n) is 2.67. The van der Waals surface area contributed by atoms with Crippen molar-refractivity contribution in [2.24, 2.45) is 5.92 Å². The summed E-state index contributed by atoms with van der Waals surface area (Å²) in [7, 11) is 1.58. The van der Waals surface area contributed by atoms with Gasteiger partial charge in [0, 0.05) is 26.9 Å². The van der Waals surface area contributed by atoms with Crippen molar-refractivity contribution in [2.45, 2.75) is 19.4 Å². The van der Waals surface area contributed by atoms with Crippen LogP contribution < -0.4 is 16.2 Å². The van der Waals surface area contributed by atoms with Crippen molar-refractivity contribution >= 4 is 17.0 Å². The monoisotopic (exact) mass is 323 g/mol. The van der Waals surface area contributed by atoms with E-state index in [1.807, 2.05) is 0 Å². The van der Waals surface area contributed by atoms with Crippen molar-refractivity contribution in [2.75, 3.05) is 39.3 Å². The molecule has 9 heteroatoms. The minimum atomic E-state index is -0.235. The predicted molar refractivity (Wildman–Crippen MR) is 83.5 cm³/mol. The summed E-state index contributed by atoms with van der Waals surface area (Å²) in [5.74, 6) is 0.583. The molecule has 0 spiro atoms. The normalized spacial score (nSPS) is 16.0. The fourth-order valence-corrected chi connectivity index (χ4v) is 2.67. The fraction of sp³-hybridized carbons (Fsp3) is 0.643. The van der Waals surface area contributed by atoms with Gasteiger partial charge in [0.05, 0.1) is 6.61 Å². The number of aromatic nitrogens is 4. The highest BCUT2D eigenvalue weighted by molar-refractivity contribution is 5.81. The maximum atomic E-state index is 12.2. The Bertz CT molecular complexity index is 720. The van der Waals surface area contributed by atoms with Crippen LogP contribution in [0.4, 0.5) is 5.82 Å². The van der Waals surface area contributed by atoms with Gasteiger partial charge in [-0.15, -0.1) is 0 Å². The smallest absolute Gasteiger partial charge is 0.327 e. The van der Waals surface area contributed by atoms with E-state index in [2.05, 4.69) is 15.0 Å². The first-order valence-electron chi connectivity index (χ1n) is 7.64. The van der Waals surface area contributed by atoms with Crippen LogP contribution >= 0.6 is 0 Å². The Morgan fingerprint density at radius 1 is 1.35 bits per heavy atom. The van der Waals surface area contributed by atoms with Crippen LogP contribution in [-0.2, 0) is 16.0 Å². The number of ether oxygens (including phenoxy) is 3. The van der Waals surface area contributed by atoms with Crippen LogP contribution in [0, 0.1) is 5.92 Å². The van der Waals surface area contributed by atoms with E-state index in [9.17, 15) is 4.79 Å². The lowest BCUT2D eigenvalue weighted by Crippen LogP contribution is -2.26. The summed E-state index contributed by atoms with van der Waals surface area (Å²) in [4.78, 5) is 23.3. The molecular weight excluding hydrogens is 302 g/mol. The summed E-state index contributed by atoms with van der Waals surface area (Å²) in [6.07, 6.45) is 1.85. The van der Waals surface area contributed by atoms with Crippen molar-refractivity contribution in [3.63, 3.8) is 0 Å². The standard InChI is InChI=1S/C14H21N5O4/c1-21-6-7-23-13-17-11(15)10-12(18-13)19(14(20)16-10)8-9-2-4-22-5-3-9/h9H,2-8H2,1H3,(H,16,20)(H2,15,17,18). The van der Waals surface area contributed by atoms with Crippen molar-refractivity contribution < 1.29 is 14.2 Å². The number of H-pyrrole nitrogens is 1. The van der Waals surface area contributed by atoms with Gasteiger partial charge in [0.15, 0.2) is 11.5 Å². The van der Waals surface area contributed by atoms with Crippen LogP contribution in [0.5, 0.6) is 6.01 Å².